The highest BCUT2D eigenvalue weighted by Gasteiger charge is 2.24. The van der Waals surface area contributed by atoms with Crippen LogP contribution in [0.2, 0.25) is 0 Å². The van der Waals surface area contributed by atoms with E-state index in [0.29, 0.717) is 30.5 Å². The summed E-state index contributed by atoms with van der Waals surface area (Å²) >= 11 is 0. The van der Waals surface area contributed by atoms with Gasteiger partial charge in [-0.25, -0.2) is 4.39 Å². The molecule has 1 heterocycles. The van der Waals surface area contributed by atoms with Gasteiger partial charge in [0.05, 0.1) is 4.92 Å². The molecular formula is C32H28FN3O3. The Labute approximate surface area is 225 Å². The average molecular weight is 522 g/mol. The maximum Gasteiger partial charge on any atom is 0.270 e. The molecule has 5 aromatic rings. The minimum atomic E-state index is -0.501. The molecule has 7 heteroatoms. The second-order valence-electron chi connectivity index (χ2n) is 9.55. The van der Waals surface area contributed by atoms with Crippen molar-refractivity contribution < 1.29 is 14.1 Å². The van der Waals surface area contributed by atoms with E-state index in [0.717, 1.165) is 22.2 Å². The molecule has 39 heavy (non-hydrogen) atoms. The number of benzene rings is 4. The number of rotatable bonds is 10. The zero-order valence-corrected chi connectivity index (χ0v) is 21.3. The first-order valence-corrected chi connectivity index (χ1v) is 12.8. The second kappa shape index (κ2) is 11.7. The largest absolute Gasteiger partial charge is 0.356 e. The highest BCUT2D eigenvalue weighted by molar-refractivity contribution is 5.88. The summed E-state index contributed by atoms with van der Waals surface area (Å²) in [5.74, 6) is -1.07. The number of hydrogen-bond acceptors (Lipinski definition) is 3. The van der Waals surface area contributed by atoms with E-state index in [2.05, 4.69) is 5.32 Å². The van der Waals surface area contributed by atoms with Gasteiger partial charge in [-0.1, -0.05) is 72.8 Å². The van der Waals surface area contributed by atoms with Crippen molar-refractivity contribution in [1.82, 2.24) is 9.88 Å². The van der Waals surface area contributed by atoms with E-state index < -0.39 is 16.7 Å². The summed E-state index contributed by atoms with van der Waals surface area (Å²) in [7, 11) is 0. The van der Waals surface area contributed by atoms with E-state index in [9.17, 15) is 19.3 Å². The monoisotopic (exact) mass is 521 g/mol. The quantitative estimate of drug-likeness (QED) is 0.166. The lowest BCUT2D eigenvalue weighted by Crippen LogP contribution is -2.27. The fourth-order valence-corrected chi connectivity index (χ4v) is 4.99. The van der Waals surface area contributed by atoms with Gasteiger partial charge in [-0.05, 0) is 46.9 Å². The van der Waals surface area contributed by atoms with Gasteiger partial charge in [-0.15, -0.1) is 0 Å². The summed E-state index contributed by atoms with van der Waals surface area (Å²) in [4.78, 5) is 24.4. The number of aromatic nitrogens is 1. The Morgan fingerprint density at radius 1 is 0.897 bits per heavy atom. The number of hydrogen-bond donors (Lipinski definition) is 1. The molecule has 0 fully saturated rings. The first-order chi connectivity index (χ1) is 19.0. The van der Waals surface area contributed by atoms with Crippen LogP contribution in [0.5, 0.6) is 0 Å². The summed E-state index contributed by atoms with van der Waals surface area (Å²) in [6, 6.07) is 30.8. The van der Waals surface area contributed by atoms with Crippen molar-refractivity contribution in [3.05, 3.63) is 148 Å². The Balaban J connectivity index is 1.51. The smallest absolute Gasteiger partial charge is 0.270 e. The summed E-state index contributed by atoms with van der Waals surface area (Å²) < 4.78 is 16.4. The highest BCUT2D eigenvalue weighted by atomic mass is 19.1. The van der Waals surface area contributed by atoms with E-state index in [-0.39, 0.29) is 18.0 Å². The Kier molecular flexibility index (Phi) is 7.78. The first kappa shape index (κ1) is 25.9. The third kappa shape index (κ3) is 6.21. The SMILES string of the molecule is O=C(C[C@H](c1cccc(F)c1)c1cn(Cc2ccccc2)c2ccc([N+](=O)[O-])cc12)NCCc1ccccc1. The van der Waals surface area contributed by atoms with E-state index in [1.54, 1.807) is 24.3 Å². The van der Waals surface area contributed by atoms with Gasteiger partial charge in [0.15, 0.2) is 0 Å². The molecule has 0 aliphatic carbocycles. The molecule has 0 unspecified atom stereocenters. The second-order valence-corrected chi connectivity index (χ2v) is 9.55. The number of fused-ring (bicyclic) bond motifs is 1. The van der Waals surface area contributed by atoms with Crippen LogP contribution in [0.1, 0.15) is 34.6 Å². The predicted molar refractivity (Wildman–Crippen MR) is 150 cm³/mol. The lowest BCUT2D eigenvalue weighted by atomic mass is 9.88. The maximum atomic E-state index is 14.4. The minimum Gasteiger partial charge on any atom is -0.356 e. The van der Waals surface area contributed by atoms with Gasteiger partial charge in [0, 0.05) is 54.7 Å². The normalized spacial score (nSPS) is 11.8. The van der Waals surface area contributed by atoms with Crippen LogP contribution in [-0.4, -0.2) is 21.9 Å². The van der Waals surface area contributed by atoms with Crippen LogP contribution in [0.25, 0.3) is 10.9 Å². The van der Waals surface area contributed by atoms with Crippen LogP contribution in [0.4, 0.5) is 10.1 Å². The van der Waals surface area contributed by atoms with Crippen molar-refractivity contribution in [2.75, 3.05) is 6.54 Å². The standard InChI is InChI=1S/C32H28FN3O3/c33-26-13-7-12-25(18-26)28(20-32(37)34-17-16-23-8-3-1-4-9-23)30-22-35(21-24-10-5-2-6-11-24)31-15-14-27(36(38)39)19-29(30)31/h1-15,18-19,22,28H,16-17,20-21H2,(H,34,37)/t28-/m1/s1. The van der Waals surface area contributed by atoms with Gasteiger partial charge in [0.25, 0.3) is 5.69 Å². The third-order valence-corrected chi connectivity index (χ3v) is 6.90. The predicted octanol–water partition coefficient (Wildman–Crippen LogP) is 6.62. The van der Waals surface area contributed by atoms with Crippen LogP contribution < -0.4 is 5.32 Å². The van der Waals surface area contributed by atoms with E-state index in [1.165, 1.54) is 18.2 Å². The number of nitrogens with one attached hydrogen (secondary N) is 1. The molecule has 0 radical (unpaired) electrons. The summed E-state index contributed by atoms with van der Waals surface area (Å²) in [5, 5.41) is 15.3. The fraction of sp³-hybridized carbons (Fsp3) is 0.156. The molecule has 4 aromatic carbocycles. The van der Waals surface area contributed by atoms with Crippen LogP contribution in [0, 0.1) is 15.9 Å². The Bertz CT molecular complexity index is 1600. The molecule has 0 bridgehead atoms. The van der Waals surface area contributed by atoms with Crippen molar-refractivity contribution >= 4 is 22.5 Å². The Morgan fingerprint density at radius 2 is 1.62 bits per heavy atom. The molecule has 1 amide bonds. The van der Waals surface area contributed by atoms with Gasteiger partial charge in [0.2, 0.25) is 5.91 Å². The first-order valence-electron chi connectivity index (χ1n) is 12.8. The van der Waals surface area contributed by atoms with Crippen molar-refractivity contribution in [1.29, 1.82) is 0 Å². The lowest BCUT2D eigenvalue weighted by Gasteiger charge is -2.17. The number of nitro groups is 1. The number of amides is 1. The molecule has 6 nitrogen and oxygen atoms in total. The van der Waals surface area contributed by atoms with Gasteiger partial charge >= 0.3 is 0 Å². The molecule has 0 saturated carbocycles. The summed E-state index contributed by atoms with van der Waals surface area (Å²) in [6.45, 7) is 1.02. The van der Waals surface area contributed by atoms with Gasteiger partial charge in [-0.3, -0.25) is 14.9 Å². The van der Waals surface area contributed by atoms with E-state index in [1.807, 2.05) is 71.4 Å². The van der Waals surface area contributed by atoms with Crippen LogP contribution in [0.3, 0.4) is 0 Å². The van der Waals surface area contributed by atoms with Crippen molar-refractivity contribution in [2.24, 2.45) is 0 Å². The van der Waals surface area contributed by atoms with Crippen molar-refractivity contribution in [2.45, 2.75) is 25.3 Å². The van der Waals surface area contributed by atoms with E-state index in [4.69, 9.17) is 0 Å². The lowest BCUT2D eigenvalue weighted by molar-refractivity contribution is -0.384. The van der Waals surface area contributed by atoms with Crippen LogP contribution in [-0.2, 0) is 17.8 Å². The minimum absolute atomic E-state index is 0.0356. The molecule has 1 atom stereocenters. The fourth-order valence-electron chi connectivity index (χ4n) is 4.99. The number of nitro benzene ring substituents is 1. The van der Waals surface area contributed by atoms with Gasteiger partial charge in [-0.2, -0.15) is 0 Å². The summed E-state index contributed by atoms with van der Waals surface area (Å²) in [6.07, 6.45) is 2.71. The molecule has 196 valence electrons. The van der Waals surface area contributed by atoms with Crippen LogP contribution >= 0.6 is 0 Å². The number of carbonyl (C=O) groups is 1. The third-order valence-electron chi connectivity index (χ3n) is 6.90. The molecule has 5 rings (SSSR count). The molecular weight excluding hydrogens is 493 g/mol. The Morgan fingerprint density at radius 3 is 2.31 bits per heavy atom. The van der Waals surface area contributed by atoms with Gasteiger partial charge in [0.1, 0.15) is 5.82 Å². The molecule has 1 aromatic heterocycles. The molecule has 0 aliphatic heterocycles. The maximum absolute atomic E-state index is 14.4. The topological polar surface area (TPSA) is 77.2 Å². The average Bonchev–Trinajstić information content (AvgIpc) is 3.30. The van der Waals surface area contributed by atoms with Gasteiger partial charge < -0.3 is 9.88 Å². The molecule has 0 saturated heterocycles. The highest BCUT2D eigenvalue weighted by Crippen LogP contribution is 2.37. The number of non-ortho nitro benzene ring substituents is 1. The molecule has 1 N–H and O–H groups in total. The van der Waals surface area contributed by atoms with Crippen molar-refractivity contribution in [3.8, 4) is 0 Å². The van der Waals surface area contributed by atoms with Crippen molar-refractivity contribution in [3.63, 3.8) is 0 Å². The van der Waals surface area contributed by atoms with E-state index >= 15 is 0 Å². The number of carbonyl (C=O) groups excluding carboxylic acids is 1. The molecule has 0 aliphatic rings. The van der Waals surface area contributed by atoms with Crippen LogP contribution in [0.15, 0.2) is 109 Å². The number of halogens is 1. The molecule has 0 spiro atoms. The zero-order chi connectivity index (χ0) is 27.2. The zero-order valence-electron chi connectivity index (χ0n) is 21.3. The number of nitrogens with zero attached hydrogens (tertiary/aromatic N) is 2. The Hall–Kier alpha value is -4.78. The summed E-state index contributed by atoms with van der Waals surface area (Å²) in [5.41, 5.74) is 4.35.